The summed E-state index contributed by atoms with van der Waals surface area (Å²) in [5, 5.41) is 0. The fraction of sp³-hybridized carbons (Fsp3) is 0.923. The van der Waals surface area contributed by atoms with Crippen LogP contribution in [0.3, 0.4) is 0 Å². The van der Waals surface area contributed by atoms with Gasteiger partial charge in [0.1, 0.15) is 0 Å². The standard InChI is InChI=1S/C13H26N4O2S/c1-3-16(4-2)7-8-17-12(14)15-11-13(17)5-9-20(18,19)10-6-13/h3-11H2,1-2H3,(H2,14,15). The molecule has 116 valence electrons. The molecule has 20 heavy (non-hydrogen) atoms. The number of likely N-dealkylation sites (N-methyl/N-ethyl adjacent to an activating group) is 1. The van der Waals surface area contributed by atoms with Crippen LogP contribution in [0.4, 0.5) is 0 Å². The summed E-state index contributed by atoms with van der Waals surface area (Å²) < 4.78 is 23.3. The second kappa shape index (κ2) is 5.89. The molecule has 1 spiro atoms. The molecular weight excluding hydrogens is 276 g/mol. The average molecular weight is 302 g/mol. The largest absolute Gasteiger partial charge is 0.370 e. The molecule has 0 bridgehead atoms. The lowest BCUT2D eigenvalue weighted by Crippen LogP contribution is -2.57. The number of nitrogens with zero attached hydrogens (tertiary/aromatic N) is 3. The van der Waals surface area contributed by atoms with E-state index in [2.05, 4.69) is 28.6 Å². The van der Waals surface area contributed by atoms with Crippen molar-refractivity contribution in [2.24, 2.45) is 10.7 Å². The van der Waals surface area contributed by atoms with Crippen LogP contribution in [-0.2, 0) is 9.84 Å². The molecule has 6 nitrogen and oxygen atoms in total. The molecule has 2 heterocycles. The Balaban J connectivity index is 2.03. The van der Waals surface area contributed by atoms with E-state index in [-0.39, 0.29) is 17.0 Å². The van der Waals surface area contributed by atoms with Crippen LogP contribution in [0.1, 0.15) is 26.7 Å². The van der Waals surface area contributed by atoms with Crippen LogP contribution in [0.25, 0.3) is 0 Å². The summed E-state index contributed by atoms with van der Waals surface area (Å²) in [6, 6.07) is 0. The zero-order valence-electron chi connectivity index (χ0n) is 12.5. The number of aliphatic imine (C=N–C) groups is 1. The van der Waals surface area contributed by atoms with Gasteiger partial charge in [-0.3, -0.25) is 4.99 Å². The molecule has 0 aromatic carbocycles. The maximum atomic E-state index is 11.6. The Hall–Kier alpha value is -0.820. The average Bonchev–Trinajstić information content (AvgIpc) is 2.73. The van der Waals surface area contributed by atoms with Crippen molar-refractivity contribution >= 4 is 15.8 Å². The summed E-state index contributed by atoms with van der Waals surface area (Å²) in [6.45, 7) is 8.74. The van der Waals surface area contributed by atoms with Crippen LogP contribution >= 0.6 is 0 Å². The van der Waals surface area contributed by atoms with Crippen molar-refractivity contribution in [1.29, 1.82) is 0 Å². The van der Waals surface area contributed by atoms with Crippen LogP contribution in [0, 0.1) is 0 Å². The molecule has 2 aliphatic heterocycles. The van der Waals surface area contributed by atoms with E-state index >= 15 is 0 Å². The fourth-order valence-electron chi connectivity index (χ4n) is 3.12. The number of sulfone groups is 1. The molecule has 1 fully saturated rings. The summed E-state index contributed by atoms with van der Waals surface area (Å²) in [7, 11) is -2.86. The van der Waals surface area contributed by atoms with Crippen LogP contribution < -0.4 is 5.73 Å². The summed E-state index contributed by atoms with van der Waals surface area (Å²) in [5.41, 5.74) is 5.88. The zero-order chi connectivity index (χ0) is 14.8. The molecule has 2 rings (SSSR count). The van der Waals surface area contributed by atoms with Crippen LogP contribution in [0.2, 0.25) is 0 Å². The first-order chi connectivity index (χ1) is 9.42. The Labute approximate surface area is 121 Å². The molecule has 0 atom stereocenters. The van der Waals surface area contributed by atoms with Gasteiger partial charge in [0.15, 0.2) is 15.8 Å². The minimum Gasteiger partial charge on any atom is -0.370 e. The Kier molecular flexibility index (Phi) is 4.59. The van der Waals surface area contributed by atoms with Crippen molar-refractivity contribution in [3.8, 4) is 0 Å². The topological polar surface area (TPSA) is 79.0 Å². The molecule has 0 amide bonds. The molecule has 2 N–H and O–H groups in total. The predicted octanol–water partition coefficient (Wildman–Crippen LogP) is -0.0941. The SMILES string of the molecule is CCN(CC)CCN1C(N)=NCC12CCS(=O)(=O)CC2. The van der Waals surface area contributed by atoms with E-state index in [4.69, 9.17) is 5.73 Å². The van der Waals surface area contributed by atoms with Gasteiger partial charge in [-0.05, 0) is 25.9 Å². The first-order valence-electron chi connectivity index (χ1n) is 7.43. The maximum Gasteiger partial charge on any atom is 0.191 e. The lowest BCUT2D eigenvalue weighted by atomic mass is 9.91. The highest BCUT2D eigenvalue weighted by molar-refractivity contribution is 7.91. The van der Waals surface area contributed by atoms with E-state index in [1.165, 1.54) is 0 Å². The minimum absolute atomic E-state index is 0.150. The lowest BCUT2D eigenvalue weighted by molar-refractivity contribution is 0.159. The maximum absolute atomic E-state index is 11.6. The van der Waals surface area contributed by atoms with E-state index in [9.17, 15) is 8.42 Å². The van der Waals surface area contributed by atoms with E-state index < -0.39 is 9.84 Å². The van der Waals surface area contributed by atoms with Crippen molar-refractivity contribution in [2.45, 2.75) is 32.2 Å². The molecule has 2 aliphatic rings. The molecule has 0 aliphatic carbocycles. The van der Waals surface area contributed by atoms with Crippen molar-refractivity contribution in [1.82, 2.24) is 9.80 Å². The lowest BCUT2D eigenvalue weighted by Gasteiger charge is -2.42. The predicted molar refractivity (Wildman–Crippen MR) is 81.6 cm³/mol. The normalized spacial score (nSPS) is 24.4. The number of guanidine groups is 1. The highest BCUT2D eigenvalue weighted by Crippen LogP contribution is 2.33. The van der Waals surface area contributed by atoms with Crippen LogP contribution in [-0.4, -0.2) is 73.9 Å². The van der Waals surface area contributed by atoms with Gasteiger partial charge in [-0.1, -0.05) is 13.8 Å². The first-order valence-corrected chi connectivity index (χ1v) is 9.25. The Bertz CT molecular complexity index is 457. The molecule has 0 radical (unpaired) electrons. The van der Waals surface area contributed by atoms with Crippen molar-refractivity contribution in [3.05, 3.63) is 0 Å². The monoisotopic (exact) mass is 302 g/mol. The van der Waals surface area contributed by atoms with Crippen molar-refractivity contribution in [3.63, 3.8) is 0 Å². The molecule has 0 unspecified atom stereocenters. The van der Waals surface area contributed by atoms with Gasteiger partial charge in [-0.2, -0.15) is 0 Å². The molecular formula is C13H26N4O2S. The quantitative estimate of drug-likeness (QED) is 0.767. The smallest absolute Gasteiger partial charge is 0.191 e. The third-order valence-electron chi connectivity index (χ3n) is 4.68. The molecule has 7 heteroatoms. The molecule has 0 aromatic heterocycles. The van der Waals surface area contributed by atoms with Gasteiger partial charge in [0, 0.05) is 13.1 Å². The highest BCUT2D eigenvalue weighted by Gasteiger charge is 2.45. The van der Waals surface area contributed by atoms with Gasteiger partial charge in [-0.25, -0.2) is 8.42 Å². The molecule has 1 saturated heterocycles. The fourth-order valence-corrected chi connectivity index (χ4v) is 4.71. The van der Waals surface area contributed by atoms with Crippen LogP contribution in [0.15, 0.2) is 4.99 Å². The first kappa shape index (κ1) is 15.6. The number of nitrogens with two attached hydrogens (primary N) is 1. The summed E-state index contributed by atoms with van der Waals surface area (Å²) in [4.78, 5) is 8.88. The molecule has 0 saturated carbocycles. The zero-order valence-corrected chi connectivity index (χ0v) is 13.3. The summed E-state index contributed by atoms with van der Waals surface area (Å²) in [5.74, 6) is 1.10. The van der Waals surface area contributed by atoms with Gasteiger partial charge >= 0.3 is 0 Å². The van der Waals surface area contributed by atoms with Crippen molar-refractivity contribution < 1.29 is 8.42 Å². The van der Waals surface area contributed by atoms with Gasteiger partial charge < -0.3 is 15.5 Å². The summed E-state index contributed by atoms with van der Waals surface area (Å²) >= 11 is 0. The summed E-state index contributed by atoms with van der Waals surface area (Å²) in [6.07, 6.45) is 1.30. The number of hydrogen-bond acceptors (Lipinski definition) is 6. The third kappa shape index (κ3) is 3.09. The van der Waals surface area contributed by atoms with Gasteiger partial charge in [0.05, 0.1) is 23.6 Å². The number of hydrogen-bond donors (Lipinski definition) is 1. The second-order valence-electron chi connectivity index (χ2n) is 5.73. The van der Waals surface area contributed by atoms with E-state index in [1.54, 1.807) is 0 Å². The Morgan fingerprint density at radius 1 is 1.30 bits per heavy atom. The van der Waals surface area contributed by atoms with Crippen molar-refractivity contribution in [2.75, 3.05) is 44.2 Å². The Morgan fingerprint density at radius 3 is 2.45 bits per heavy atom. The minimum atomic E-state index is -2.86. The second-order valence-corrected chi connectivity index (χ2v) is 8.03. The van der Waals surface area contributed by atoms with E-state index in [1.807, 2.05) is 0 Å². The van der Waals surface area contributed by atoms with Gasteiger partial charge in [0.2, 0.25) is 0 Å². The van der Waals surface area contributed by atoms with Gasteiger partial charge in [-0.15, -0.1) is 0 Å². The third-order valence-corrected chi connectivity index (χ3v) is 6.33. The van der Waals surface area contributed by atoms with Crippen LogP contribution in [0.5, 0.6) is 0 Å². The number of rotatable bonds is 5. The van der Waals surface area contributed by atoms with Gasteiger partial charge in [0.25, 0.3) is 0 Å². The molecule has 0 aromatic rings. The highest BCUT2D eigenvalue weighted by atomic mass is 32.2. The Morgan fingerprint density at radius 2 is 1.90 bits per heavy atom. The van der Waals surface area contributed by atoms with E-state index in [0.29, 0.717) is 25.3 Å². The van der Waals surface area contributed by atoms with E-state index in [0.717, 1.165) is 26.2 Å².